The first-order chi connectivity index (χ1) is 16.6. The number of benzene rings is 3. The number of ether oxygens (including phenoxy) is 2. The van der Waals surface area contributed by atoms with E-state index in [9.17, 15) is 21.4 Å². The van der Waals surface area contributed by atoms with E-state index in [1.807, 2.05) is 43.3 Å². The number of hydrogen-bond donors (Lipinski definition) is 1. The maximum atomic E-state index is 13.0. The number of allylic oxidation sites excluding steroid dienone is 1. The van der Waals surface area contributed by atoms with Crippen LogP contribution in [0, 0.1) is 6.92 Å². The van der Waals surface area contributed by atoms with Crippen molar-refractivity contribution < 1.29 is 30.9 Å². The van der Waals surface area contributed by atoms with Crippen molar-refractivity contribution >= 4 is 20.0 Å². The fourth-order valence-corrected chi connectivity index (χ4v) is 5.91. The molecule has 0 fully saturated rings. The van der Waals surface area contributed by atoms with Crippen LogP contribution in [0.2, 0.25) is 0 Å². The lowest BCUT2D eigenvalue weighted by Crippen LogP contribution is -2.37. The highest BCUT2D eigenvalue weighted by molar-refractivity contribution is 7.95. The Hall–Kier alpha value is -3.40. The zero-order chi connectivity index (χ0) is 25.2. The largest absolute Gasteiger partial charge is 0.497 e. The molecule has 3 aromatic carbocycles. The Morgan fingerprint density at radius 3 is 1.83 bits per heavy atom. The Labute approximate surface area is 205 Å². The van der Waals surface area contributed by atoms with E-state index in [-0.39, 0.29) is 9.80 Å². The molecule has 0 radical (unpaired) electrons. The number of aryl methyl sites for hydroxylation is 1. The highest BCUT2D eigenvalue weighted by Crippen LogP contribution is 2.30. The van der Waals surface area contributed by atoms with Crippen LogP contribution >= 0.6 is 0 Å². The first-order valence-corrected chi connectivity index (χ1v) is 13.7. The number of methoxy groups -OCH3 is 1. The highest BCUT2D eigenvalue weighted by atomic mass is 32.2. The summed E-state index contributed by atoms with van der Waals surface area (Å²) >= 11 is 0. The fourth-order valence-electron chi connectivity index (χ4n) is 3.67. The Bertz CT molecular complexity index is 1470. The molecule has 0 bridgehead atoms. The van der Waals surface area contributed by atoms with E-state index < -0.39 is 31.3 Å². The van der Waals surface area contributed by atoms with Gasteiger partial charge < -0.3 is 9.47 Å². The van der Waals surface area contributed by atoms with Gasteiger partial charge in [0.15, 0.2) is 0 Å². The summed E-state index contributed by atoms with van der Waals surface area (Å²) in [5, 5.41) is -1.59. The van der Waals surface area contributed by atoms with Gasteiger partial charge in [-0.05, 0) is 72.7 Å². The van der Waals surface area contributed by atoms with Gasteiger partial charge in [0.05, 0.1) is 16.9 Å². The molecule has 0 spiro atoms. The van der Waals surface area contributed by atoms with Crippen molar-refractivity contribution in [1.29, 1.82) is 0 Å². The summed E-state index contributed by atoms with van der Waals surface area (Å²) in [5.41, 5.74) is 2.76. The van der Waals surface area contributed by atoms with E-state index in [1.54, 1.807) is 31.4 Å². The highest BCUT2D eigenvalue weighted by Gasteiger charge is 2.36. The molecular formula is C26H24O7S2. The summed E-state index contributed by atoms with van der Waals surface area (Å²) in [7, 11) is -7.05. The predicted octanol–water partition coefficient (Wildman–Crippen LogP) is 4.60. The van der Waals surface area contributed by atoms with E-state index in [1.165, 1.54) is 24.3 Å². The average Bonchev–Trinajstić information content (AvgIpc) is 2.84. The van der Waals surface area contributed by atoms with Gasteiger partial charge in [-0.2, -0.15) is 8.42 Å². The van der Waals surface area contributed by atoms with Crippen molar-refractivity contribution in [3.63, 3.8) is 0 Å². The Kier molecular flexibility index (Phi) is 6.84. The quantitative estimate of drug-likeness (QED) is 0.461. The monoisotopic (exact) mass is 512 g/mol. The van der Waals surface area contributed by atoms with Gasteiger partial charge in [0, 0.05) is 0 Å². The summed E-state index contributed by atoms with van der Waals surface area (Å²) in [6.45, 7) is 1.83. The molecule has 9 heteroatoms. The molecule has 7 nitrogen and oxygen atoms in total. The van der Waals surface area contributed by atoms with Crippen molar-refractivity contribution in [3.8, 4) is 22.6 Å². The lowest BCUT2D eigenvalue weighted by Gasteiger charge is -2.25. The molecule has 0 aromatic heterocycles. The summed E-state index contributed by atoms with van der Waals surface area (Å²) < 4.78 is 71.1. The summed E-state index contributed by atoms with van der Waals surface area (Å²) in [4.78, 5) is -0.194. The third-order valence-electron chi connectivity index (χ3n) is 5.64. The Balaban J connectivity index is 1.57. The van der Waals surface area contributed by atoms with Gasteiger partial charge in [0.1, 0.15) is 22.9 Å². The van der Waals surface area contributed by atoms with Crippen molar-refractivity contribution in [2.45, 2.75) is 23.2 Å². The molecule has 2 atom stereocenters. The lowest BCUT2D eigenvalue weighted by molar-refractivity contribution is 0.248. The molecule has 0 aliphatic heterocycles. The minimum absolute atomic E-state index is 0.0292. The van der Waals surface area contributed by atoms with Crippen LogP contribution in [0.5, 0.6) is 11.5 Å². The van der Waals surface area contributed by atoms with Crippen LogP contribution in [0.3, 0.4) is 0 Å². The van der Waals surface area contributed by atoms with E-state index >= 15 is 0 Å². The standard InChI is InChI=1S/C26H24O7S2/c1-18-3-13-23(14-4-18)34(27,28)24-15-16-25(26(17-24)35(29,30)31)33-22-11-7-20(8-12-22)19-5-9-21(32-2)10-6-19/h3-17,25-26H,1-2H3,(H,29,30,31). The van der Waals surface area contributed by atoms with Crippen LogP contribution in [-0.2, 0) is 20.0 Å². The van der Waals surface area contributed by atoms with Crippen LogP contribution in [0.1, 0.15) is 5.56 Å². The second-order valence-corrected chi connectivity index (χ2v) is 11.6. The zero-order valence-corrected chi connectivity index (χ0v) is 20.7. The number of hydrogen-bond acceptors (Lipinski definition) is 6. The topological polar surface area (TPSA) is 107 Å². The Morgan fingerprint density at radius 1 is 0.771 bits per heavy atom. The minimum Gasteiger partial charge on any atom is -0.497 e. The summed E-state index contributed by atoms with van der Waals surface area (Å²) in [6.07, 6.45) is 2.53. The summed E-state index contributed by atoms with van der Waals surface area (Å²) in [5.74, 6) is 1.11. The molecule has 0 heterocycles. The van der Waals surface area contributed by atoms with Crippen LogP contribution in [-0.4, -0.2) is 39.9 Å². The molecule has 1 aliphatic carbocycles. The zero-order valence-electron chi connectivity index (χ0n) is 19.0. The lowest BCUT2D eigenvalue weighted by atomic mass is 10.1. The van der Waals surface area contributed by atoms with Crippen molar-refractivity contribution in [1.82, 2.24) is 0 Å². The van der Waals surface area contributed by atoms with Crippen molar-refractivity contribution in [2.75, 3.05) is 7.11 Å². The molecule has 0 amide bonds. The van der Waals surface area contributed by atoms with Crippen molar-refractivity contribution in [2.24, 2.45) is 0 Å². The van der Waals surface area contributed by atoms with E-state index in [0.29, 0.717) is 5.75 Å². The fraction of sp³-hybridized carbons (Fsp3) is 0.154. The van der Waals surface area contributed by atoms with Gasteiger partial charge >= 0.3 is 0 Å². The normalized spacial score (nSPS) is 18.1. The van der Waals surface area contributed by atoms with Gasteiger partial charge in [-0.1, -0.05) is 42.0 Å². The second-order valence-electron chi connectivity index (χ2n) is 8.06. The van der Waals surface area contributed by atoms with E-state index in [0.717, 1.165) is 28.5 Å². The maximum Gasteiger partial charge on any atom is 0.275 e. The summed E-state index contributed by atoms with van der Waals surface area (Å²) in [6, 6.07) is 20.7. The van der Waals surface area contributed by atoms with E-state index in [4.69, 9.17) is 9.47 Å². The maximum absolute atomic E-state index is 13.0. The first kappa shape index (κ1) is 24.7. The van der Waals surface area contributed by atoms with E-state index in [2.05, 4.69) is 0 Å². The number of sulfone groups is 1. The van der Waals surface area contributed by atoms with Crippen LogP contribution in [0.4, 0.5) is 0 Å². The number of rotatable bonds is 7. The SMILES string of the molecule is COc1ccc(-c2ccc(OC3C=CC(S(=O)(=O)c4ccc(C)cc4)=CC3S(=O)(=O)O)cc2)cc1. The van der Waals surface area contributed by atoms with Gasteiger partial charge in [-0.25, -0.2) is 8.42 Å². The van der Waals surface area contributed by atoms with Gasteiger partial charge in [0.2, 0.25) is 9.84 Å². The molecular weight excluding hydrogens is 488 g/mol. The van der Waals surface area contributed by atoms with Crippen molar-refractivity contribution in [3.05, 3.63) is 101 Å². The molecule has 1 N–H and O–H groups in total. The molecule has 0 saturated heterocycles. The molecule has 0 saturated carbocycles. The first-order valence-electron chi connectivity index (χ1n) is 10.7. The molecule has 2 unspecified atom stereocenters. The van der Waals surface area contributed by atoms with Crippen LogP contribution < -0.4 is 9.47 Å². The molecule has 1 aliphatic rings. The Morgan fingerprint density at radius 2 is 1.31 bits per heavy atom. The molecule has 4 rings (SSSR count). The smallest absolute Gasteiger partial charge is 0.275 e. The van der Waals surface area contributed by atoms with Gasteiger partial charge in [-0.3, -0.25) is 4.55 Å². The molecule has 35 heavy (non-hydrogen) atoms. The molecule has 3 aromatic rings. The van der Waals surface area contributed by atoms with Crippen LogP contribution in [0.15, 0.2) is 101 Å². The van der Waals surface area contributed by atoms with Gasteiger partial charge in [-0.15, -0.1) is 0 Å². The second kappa shape index (κ2) is 9.69. The third kappa shape index (κ3) is 5.48. The average molecular weight is 513 g/mol. The van der Waals surface area contributed by atoms with Gasteiger partial charge in [0.25, 0.3) is 10.1 Å². The van der Waals surface area contributed by atoms with Crippen LogP contribution in [0.25, 0.3) is 11.1 Å². The predicted molar refractivity (Wildman–Crippen MR) is 134 cm³/mol. The third-order valence-corrected chi connectivity index (χ3v) is 8.52. The molecule has 182 valence electrons. The minimum atomic E-state index is -4.66.